The quantitative estimate of drug-likeness (QED) is 0.464. The summed E-state index contributed by atoms with van der Waals surface area (Å²) in [7, 11) is 0. The molecular formula is C31H30N4O4S. The van der Waals surface area contributed by atoms with Crippen molar-refractivity contribution in [2.75, 3.05) is 5.75 Å². The predicted octanol–water partition coefficient (Wildman–Crippen LogP) is 4.60. The maximum atomic E-state index is 13.5. The Morgan fingerprint density at radius 1 is 0.925 bits per heavy atom. The van der Waals surface area contributed by atoms with E-state index in [-0.39, 0.29) is 24.5 Å². The minimum Gasteiger partial charge on any atom is -0.445 e. The van der Waals surface area contributed by atoms with E-state index in [4.69, 9.17) is 9.73 Å². The Morgan fingerprint density at radius 2 is 1.65 bits per heavy atom. The van der Waals surface area contributed by atoms with Crippen molar-refractivity contribution in [1.82, 2.24) is 15.5 Å². The van der Waals surface area contributed by atoms with Crippen LogP contribution in [-0.4, -0.2) is 45.8 Å². The molecule has 0 saturated heterocycles. The summed E-state index contributed by atoms with van der Waals surface area (Å²) in [6.45, 7) is 0.433. The number of carbonyl (C=O) groups is 3. The van der Waals surface area contributed by atoms with Crippen molar-refractivity contribution in [3.05, 3.63) is 107 Å². The van der Waals surface area contributed by atoms with Crippen LogP contribution in [-0.2, 0) is 29.1 Å². The summed E-state index contributed by atoms with van der Waals surface area (Å²) in [5.41, 5.74) is 4.55. The fraction of sp³-hybridized carbons (Fsp3) is 0.290. The normalized spacial score (nSPS) is 19.8. The lowest BCUT2D eigenvalue weighted by molar-refractivity contribution is -0.125. The van der Waals surface area contributed by atoms with Crippen LogP contribution in [0, 0.1) is 0 Å². The van der Waals surface area contributed by atoms with Gasteiger partial charge in [0.2, 0.25) is 5.91 Å². The maximum Gasteiger partial charge on any atom is 0.411 e. The zero-order valence-corrected chi connectivity index (χ0v) is 22.7. The smallest absolute Gasteiger partial charge is 0.411 e. The van der Waals surface area contributed by atoms with Gasteiger partial charge in [-0.3, -0.25) is 19.5 Å². The number of benzene rings is 3. The first-order valence-electron chi connectivity index (χ1n) is 13.5. The van der Waals surface area contributed by atoms with Crippen LogP contribution in [0.3, 0.4) is 0 Å². The molecule has 2 N–H and O–H groups in total. The molecule has 0 aromatic heterocycles. The van der Waals surface area contributed by atoms with Gasteiger partial charge in [-0.05, 0) is 47.2 Å². The lowest BCUT2D eigenvalue weighted by atomic mass is 9.94. The first-order valence-corrected chi connectivity index (χ1v) is 14.5. The van der Waals surface area contributed by atoms with Crippen LogP contribution in [0.5, 0.6) is 0 Å². The monoisotopic (exact) mass is 554 g/mol. The Hall–Kier alpha value is -4.11. The largest absolute Gasteiger partial charge is 0.445 e. The van der Waals surface area contributed by atoms with Crippen molar-refractivity contribution < 1.29 is 19.1 Å². The van der Waals surface area contributed by atoms with Crippen molar-refractivity contribution in [1.29, 1.82) is 0 Å². The molecule has 40 heavy (non-hydrogen) atoms. The van der Waals surface area contributed by atoms with Gasteiger partial charge in [0.25, 0.3) is 5.91 Å². The molecule has 1 fully saturated rings. The molecule has 3 aliphatic rings. The second-order valence-corrected chi connectivity index (χ2v) is 11.3. The average Bonchev–Trinajstić information content (AvgIpc) is 3.69. The summed E-state index contributed by atoms with van der Waals surface area (Å²) in [6, 6.07) is 24.3. The molecule has 9 heteroatoms. The SMILES string of the molecule is O=C(NC1CC1)c1ccc(C2CSC(NC(=O)[C@@H]3Cc4ccccc4CN3C(=O)OCc3ccccc3)=N2)cc1. The molecule has 1 unspecified atom stereocenters. The molecule has 3 amide bonds. The summed E-state index contributed by atoms with van der Waals surface area (Å²) in [4.78, 5) is 45.2. The molecule has 0 radical (unpaired) electrons. The van der Waals surface area contributed by atoms with Crippen molar-refractivity contribution >= 4 is 34.8 Å². The van der Waals surface area contributed by atoms with E-state index in [1.807, 2.05) is 78.9 Å². The highest BCUT2D eigenvalue weighted by Gasteiger charge is 2.36. The molecule has 2 atom stereocenters. The highest BCUT2D eigenvalue weighted by Crippen LogP contribution is 2.31. The van der Waals surface area contributed by atoms with E-state index in [9.17, 15) is 14.4 Å². The van der Waals surface area contributed by atoms with Gasteiger partial charge in [-0.25, -0.2) is 4.79 Å². The van der Waals surface area contributed by atoms with Crippen LogP contribution < -0.4 is 10.6 Å². The number of fused-ring (bicyclic) bond motifs is 1. The van der Waals surface area contributed by atoms with Crippen LogP contribution in [0.1, 0.15) is 51.5 Å². The molecule has 6 rings (SSSR count). The highest BCUT2D eigenvalue weighted by atomic mass is 32.2. The molecule has 1 saturated carbocycles. The molecule has 0 spiro atoms. The number of amides is 3. The minimum absolute atomic E-state index is 0.0489. The first kappa shape index (κ1) is 26.1. The fourth-order valence-corrected chi connectivity index (χ4v) is 5.86. The molecule has 204 valence electrons. The number of hydrogen-bond donors (Lipinski definition) is 2. The summed E-state index contributed by atoms with van der Waals surface area (Å²) in [5, 5.41) is 6.48. The van der Waals surface area contributed by atoms with Gasteiger partial charge < -0.3 is 15.4 Å². The number of nitrogens with zero attached hydrogens (tertiary/aromatic N) is 2. The Kier molecular flexibility index (Phi) is 7.55. The third kappa shape index (κ3) is 6.04. The first-order chi connectivity index (χ1) is 19.5. The number of aliphatic imine (C=N–C) groups is 1. The minimum atomic E-state index is -0.718. The van der Waals surface area contributed by atoms with E-state index in [1.165, 1.54) is 16.7 Å². The number of rotatable bonds is 6. The predicted molar refractivity (Wildman–Crippen MR) is 154 cm³/mol. The molecule has 0 bridgehead atoms. The van der Waals surface area contributed by atoms with E-state index in [2.05, 4.69) is 10.6 Å². The lowest BCUT2D eigenvalue weighted by Crippen LogP contribution is -2.53. The van der Waals surface area contributed by atoms with Crippen LogP contribution in [0.4, 0.5) is 4.79 Å². The van der Waals surface area contributed by atoms with Gasteiger partial charge in [0.05, 0.1) is 12.6 Å². The van der Waals surface area contributed by atoms with E-state index in [0.717, 1.165) is 35.1 Å². The van der Waals surface area contributed by atoms with Gasteiger partial charge in [0.1, 0.15) is 12.6 Å². The second-order valence-electron chi connectivity index (χ2n) is 10.3. The van der Waals surface area contributed by atoms with Gasteiger partial charge in [0.15, 0.2) is 5.17 Å². The lowest BCUT2D eigenvalue weighted by Gasteiger charge is -2.35. The van der Waals surface area contributed by atoms with Gasteiger partial charge in [-0.1, -0.05) is 78.5 Å². The Labute approximate surface area is 237 Å². The fourth-order valence-electron chi connectivity index (χ4n) is 4.91. The number of hydrogen-bond acceptors (Lipinski definition) is 6. The van der Waals surface area contributed by atoms with E-state index < -0.39 is 12.1 Å². The number of amidine groups is 1. The van der Waals surface area contributed by atoms with E-state index >= 15 is 0 Å². The summed E-state index contributed by atoms with van der Waals surface area (Å²) in [5.74, 6) is 0.344. The van der Waals surface area contributed by atoms with E-state index in [1.54, 1.807) is 0 Å². The zero-order chi connectivity index (χ0) is 27.5. The number of nitrogens with one attached hydrogen (secondary N) is 2. The standard InChI is InChI=1S/C31H30N4O4S/c36-28(32-25-14-15-25)22-12-10-21(11-13-22)26-19-40-30(33-26)34-29(37)27-16-23-8-4-5-9-24(23)17-35(27)31(38)39-18-20-6-2-1-3-7-20/h1-13,25-27H,14-19H2,(H,32,36)(H,33,34,37)/t26?,27-/m0/s1. The molecule has 8 nitrogen and oxygen atoms in total. The molecule has 2 aliphatic heterocycles. The Balaban J connectivity index is 1.12. The Morgan fingerprint density at radius 3 is 2.40 bits per heavy atom. The van der Waals surface area contributed by atoms with Crippen LogP contribution in [0.25, 0.3) is 0 Å². The molecule has 3 aromatic rings. The molecular weight excluding hydrogens is 524 g/mol. The van der Waals surface area contributed by atoms with Crippen molar-refractivity contribution in [2.45, 2.75) is 50.5 Å². The summed E-state index contributed by atoms with van der Waals surface area (Å²) >= 11 is 1.47. The second kappa shape index (κ2) is 11.6. The summed E-state index contributed by atoms with van der Waals surface area (Å²) < 4.78 is 5.60. The van der Waals surface area contributed by atoms with Crippen LogP contribution in [0.2, 0.25) is 0 Å². The van der Waals surface area contributed by atoms with Crippen molar-refractivity contribution in [3.63, 3.8) is 0 Å². The van der Waals surface area contributed by atoms with Crippen molar-refractivity contribution in [3.8, 4) is 0 Å². The number of thioether (sulfide) groups is 1. The average molecular weight is 555 g/mol. The van der Waals surface area contributed by atoms with Gasteiger partial charge in [-0.2, -0.15) is 0 Å². The third-order valence-electron chi connectivity index (χ3n) is 7.34. The van der Waals surface area contributed by atoms with E-state index in [0.29, 0.717) is 35.5 Å². The topological polar surface area (TPSA) is 100 Å². The van der Waals surface area contributed by atoms with Crippen molar-refractivity contribution in [2.24, 2.45) is 4.99 Å². The third-order valence-corrected chi connectivity index (χ3v) is 8.31. The van der Waals surface area contributed by atoms with Gasteiger partial charge in [0, 0.05) is 23.8 Å². The molecule has 3 aromatic carbocycles. The molecule has 1 aliphatic carbocycles. The van der Waals surface area contributed by atoms with Gasteiger partial charge in [-0.15, -0.1) is 0 Å². The number of ether oxygens (including phenoxy) is 1. The summed E-state index contributed by atoms with van der Waals surface area (Å²) in [6.07, 6.45) is 1.97. The van der Waals surface area contributed by atoms with Crippen LogP contribution in [0.15, 0.2) is 83.9 Å². The molecule has 2 heterocycles. The van der Waals surface area contributed by atoms with Crippen LogP contribution >= 0.6 is 11.8 Å². The zero-order valence-electron chi connectivity index (χ0n) is 21.9. The highest BCUT2D eigenvalue weighted by molar-refractivity contribution is 8.14. The maximum absolute atomic E-state index is 13.5. The van der Waals surface area contributed by atoms with Gasteiger partial charge >= 0.3 is 6.09 Å². The number of carbonyl (C=O) groups excluding carboxylic acids is 3. The Bertz CT molecular complexity index is 1440.